The number of rotatable bonds is 4. The predicted octanol–water partition coefficient (Wildman–Crippen LogP) is 8.30. The van der Waals surface area contributed by atoms with Gasteiger partial charge in [-0.25, -0.2) is 12.8 Å². The molecule has 246 valence electrons. The Bertz CT molecular complexity index is 2030. The Hall–Kier alpha value is -4.44. The SMILES string of the molecule is CC(CC(=O)O)c1cccc(C2CCCC(C)(C)CS(=O)(=O)CCc3c(c(F)cc4[nH]ccc34)Oc3cccc(c3)-c3ccnn32)c1. The Morgan fingerprint density at radius 3 is 2.77 bits per heavy atom. The molecule has 10 heteroatoms. The van der Waals surface area contributed by atoms with Gasteiger partial charge in [-0.15, -0.1) is 0 Å². The first-order valence-corrected chi connectivity index (χ1v) is 17.8. The fraction of sp³-hybridized carbons (Fsp3) is 0.351. The number of H-pyrrole nitrogens is 1. The maximum absolute atomic E-state index is 15.6. The second kappa shape index (κ2) is 13.0. The van der Waals surface area contributed by atoms with Gasteiger partial charge in [-0.2, -0.15) is 5.10 Å². The lowest BCUT2D eigenvalue weighted by Crippen LogP contribution is -2.27. The number of sulfone groups is 1. The summed E-state index contributed by atoms with van der Waals surface area (Å²) >= 11 is 0. The number of aromatic nitrogens is 3. The van der Waals surface area contributed by atoms with E-state index in [1.54, 1.807) is 18.5 Å². The number of aromatic amines is 1. The zero-order valence-corrected chi connectivity index (χ0v) is 27.7. The topological polar surface area (TPSA) is 114 Å². The Morgan fingerprint density at radius 2 is 1.96 bits per heavy atom. The number of benzene rings is 3. The van der Waals surface area contributed by atoms with Gasteiger partial charge in [0, 0.05) is 40.5 Å². The number of nitrogens with one attached hydrogen (secondary N) is 1. The number of carboxylic acids is 1. The summed E-state index contributed by atoms with van der Waals surface area (Å²) in [4.78, 5) is 14.5. The van der Waals surface area contributed by atoms with Crippen LogP contribution in [0.2, 0.25) is 0 Å². The highest BCUT2D eigenvalue weighted by Crippen LogP contribution is 2.39. The summed E-state index contributed by atoms with van der Waals surface area (Å²) in [5, 5.41) is 14.9. The van der Waals surface area contributed by atoms with Gasteiger partial charge in [0.2, 0.25) is 0 Å². The molecular weight excluding hydrogens is 617 g/mol. The minimum atomic E-state index is -3.51. The van der Waals surface area contributed by atoms with E-state index in [4.69, 9.17) is 9.84 Å². The standard InChI is InChI=1S/C37H40FN3O5S/c1-24(19-35(42)43)25-7-4-8-26(20-25)33-11-6-15-37(2,3)23-47(44,45)18-14-30-29-12-16-39-32(29)22-31(38)36(30)46-28-10-5-9-27(21-28)34-13-17-40-41(33)34/h4-5,7-10,12-13,16-17,20-22,24,33,39H,6,11,14-15,18-19,23H2,1-3H3,(H,42,43). The van der Waals surface area contributed by atoms with Crippen molar-refractivity contribution in [2.24, 2.45) is 5.41 Å². The van der Waals surface area contributed by atoms with Crippen LogP contribution in [0.4, 0.5) is 4.39 Å². The number of carboxylic acid groups (broad SMARTS) is 1. The van der Waals surface area contributed by atoms with Crippen molar-refractivity contribution < 1.29 is 27.4 Å². The molecule has 47 heavy (non-hydrogen) atoms. The number of nitrogens with zero attached hydrogens (tertiary/aromatic N) is 2. The van der Waals surface area contributed by atoms with E-state index < -0.39 is 27.0 Å². The van der Waals surface area contributed by atoms with Gasteiger partial charge in [-0.1, -0.05) is 63.6 Å². The van der Waals surface area contributed by atoms with E-state index in [9.17, 15) is 18.3 Å². The van der Waals surface area contributed by atoms with Gasteiger partial charge in [0.25, 0.3) is 0 Å². The van der Waals surface area contributed by atoms with Crippen molar-refractivity contribution in [3.05, 3.63) is 102 Å². The van der Waals surface area contributed by atoms with Crippen molar-refractivity contribution in [3.8, 4) is 22.8 Å². The van der Waals surface area contributed by atoms with Crippen LogP contribution in [-0.4, -0.2) is 45.8 Å². The largest absolute Gasteiger partial charge is 0.481 e. The molecular formula is C37H40FN3O5S. The summed E-state index contributed by atoms with van der Waals surface area (Å²) in [5.74, 6) is -1.28. The van der Waals surface area contributed by atoms with Crippen LogP contribution in [0, 0.1) is 11.2 Å². The number of aryl methyl sites for hydroxylation is 1. The Kier molecular flexibility index (Phi) is 8.98. The summed E-state index contributed by atoms with van der Waals surface area (Å²) in [5.41, 5.74) is 4.19. The summed E-state index contributed by atoms with van der Waals surface area (Å²) < 4.78 is 51.0. The highest BCUT2D eigenvalue weighted by atomic mass is 32.2. The fourth-order valence-electron chi connectivity index (χ4n) is 6.86. The van der Waals surface area contributed by atoms with E-state index in [0.717, 1.165) is 34.2 Å². The highest BCUT2D eigenvalue weighted by molar-refractivity contribution is 7.91. The average molecular weight is 658 g/mol. The van der Waals surface area contributed by atoms with E-state index in [1.807, 2.05) is 74.0 Å². The van der Waals surface area contributed by atoms with Crippen LogP contribution < -0.4 is 4.74 Å². The summed E-state index contributed by atoms with van der Waals surface area (Å²) in [6.07, 6.45) is 5.70. The third-order valence-corrected chi connectivity index (χ3v) is 11.2. The second-order valence-corrected chi connectivity index (χ2v) is 15.7. The maximum Gasteiger partial charge on any atom is 0.303 e. The van der Waals surface area contributed by atoms with E-state index in [0.29, 0.717) is 29.7 Å². The van der Waals surface area contributed by atoms with Gasteiger partial charge < -0.3 is 14.8 Å². The highest BCUT2D eigenvalue weighted by Gasteiger charge is 2.29. The summed E-state index contributed by atoms with van der Waals surface area (Å²) in [7, 11) is -3.51. The quantitative estimate of drug-likeness (QED) is 0.201. The fourth-order valence-corrected chi connectivity index (χ4v) is 8.86. The first-order chi connectivity index (χ1) is 22.4. The molecule has 8 nitrogen and oxygen atoms in total. The van der Waals surface area contributed by atoms with E-state index >= 15 is 4.39 Å². The number of hydrogen-bond acceptors (Lipinski definition) is 5. The Balaban J connectivity index is 1.47. The normalized spacial score (nSPS) is 18.8. The average Bonchev–Trinajstić information content (AvgIpc) is 3.68. The minimum Gasteiger partial charge on any atom is -0.481 e. The van der Waals surface area contributed by atoms with Gasteiger partial charge in [0.05, 0.1) is 29.7 Å². The van der Waals surface area contributed by atoms with Crippen molar-refractivity contribution in [1.29, 1.82) is 0 Å². The molecule has 0 amide bonds. The molecule has 0 saturated heterocycles. The molecule has 1 aliphatic rings. The monoisotopic (exact) mass is 657 g/mol. The molecule has 3 aromatic carbocycles. The first kappa shape index (κ1) is 32.5. The van der Waals surface area contributed by atoms with Crippen molar-refractivity contribution in [3.63, 3.8) is 0 Å². The molecule has 1 aliphatic heterocycles. The molecule has 0 fully saturated rings. The van der Waals surface area contributed by atoms with Crippen LogP contribution >= 0.6 is 0 Å². The molecule has 2 atom stereocenters. The molecule has 0 radical (unpaired) electrons. The van der Waals surface area contributed by atoms with Gasteiger partial charge in [0.15, 0.2) is 21.4 Å². The van der Waals surface area contributed by atoms with Crippen LogP contribution in [0.5, 0.6) is 11.5 Å². The first-order valence-electron chi connectivity index (χ1n) is 16.0. The molecule has 2 N–H and O–H groups in total. The molecule has 0 spiro atoms. The molecule has 0 saturated carbocycles. The van der Waals surface area contributed by atoms with Crippen LogP contribution in [0.3, 0.4) is 0 Å². The second-order valence-electron chi connectivity index (χ2n) is 13.5. The lowest BCUT2D eigenvalue weighted by molar-refractivity contribution is -0.137. The number of carbonyl (C=O) groups is 1. The van der Waals surface area contributed by atoms with E-state index in [-0.39, 0.29) is 42.1 Å². The zero-order chi connectivity index (χ0) is 33.3. The predicted molar refractivity (Wildman–Crippen MR) is 181 cm³/mol. The Morgan fingerprint density at radius 1 is 1.15 bits per heavy atom. The van der Waals surface area contributed by atoms with E-state index in [2.05, 4.69) is 11.1 Å². The maximum atomic E-state index is 15.6. The van der Waals surface area contributed by atoms with Crippen molar-refractivity contribution >= 4 is 26.7 Å². The lowest BCUT2D eigenvalue weighted by Gasteiger charge is -2.27. The molecule has 3 heterocycles. The third kappa shape index (κ3) is 7.27. The number of ether oxygens (including phenoxy) is 1. The number of aliphatic carboxylic acids is 1. The summed E-state index contributed by atoms with van der Waals surface area (Å²) in [6.45, 7) is 5.87. The molecule has 5 aromatic rings. The lowest BCUT2D eigenvalue weighted by atomic mass is 9.87. The molecule has 2 aromatic heterocycles. The van der Waals surface area contributed by atoms with Crippen LogP contribution in [0.15, 0.2) is 79.1 Å². The summed E-state index contributed by atoms with van der Waals surface area (Å²) in [6, 6.07) is 20.3. The minimum absolute atomic E-state index is 0.00242. The van der Waals surface area contributed by atoms with Gasteiger partial charge in [0.1, 0.15) is 5.75 Å². The smallest absolute Gasteiger partial charge is 0.303 e. The van der Waals surface area contributed by atoms with Gasteiger partial charge in [-0.3, -0.25) is 9.48 Å². The molecule has 6 rings (SSSR count). The van der Waals surface area contributed by atoms with Crippen molar-refractivity contribution in [2.75, 3.05) is 11.5 Å². The van der Waals surface area contributed by atoms with Crippen LogP contribution in [0.1, 0.15) is 75.1 Å². The zero-order valence-electron chi connectivity index (χ0n) is 26.9. The number of halogens is 1. The molecule has 2 bridgehead atoms. The van der Waals surface area contributed by atoms with Crippen molar-refractivity contribution in [2.45, 2.75) is 64.8 Å². The number of fused-ring (bicyclic) bond motifs is 7. The Labute approximate surface area is 274 Å². The number of hydrogen-bond donors (Lipinski definition) is 2. The van der Waals surface area contributed by atoms with Crippen LogP contribution in [0.25, 0.3) is 22.2 Å². The third-order valence-electron chi connectivity index (χ3n) is 9.13. The molecule has 0 aliphatic carbocycles. The van der Waals surface area contributed by atoms with Crippen LogP contribution in [-0.2, 0) is 21.1 Å². The van der Waals surface area contributed by atoms with Gasteiger partial charge in [-0.05, 0) is 66.0 Å². The van der Waals surface area contributed by atoms with Crippen molar-refractivity contribution in [1.82, 2.24) is 14.8 Å². The van der Waals surface area contributed by atoms with Gasteiger partial charge >= 0.3 is 5.97 Å². The molecule has 2 unspecified atom stereocenters. The van der Waals surface area contributed by atoms with E-state index in [1.165, 1.54) is 6.07 Å².